The second-order valence-electron chi connectivity index (χ2n) is 8.19. The molecule has 33 heavy (non-hydrogen) atoms. The fraction of sp³-hybridized carbons (Fsp3) is 0.455. The molecule has 1 aromatic carbocycles. The minimum absolute atomic E-state index is 0.0407. The van der Waals surface area contributed by atoms with Crippen LogP contribution in [0, 0.1) is 11.6 Å². The Labute approximate surface area is 189 Å². The van der Waals surface area contributed by atoms with Crippen molar-refractivity contribution in [3.05, 3.63) is 41.8 Å². The molecule has 2 saturated heterocycles. The Morgan fingerprint density at radius 3 is 2.70 bits per heavy atom. The highest BCUT2D eigenvalue weighted by Gasteiger charge is 2.34. The van der Waals surface area contributed by atoms with Gasteiger partial charge in [-0.05, 0) is 31.4 Å². The van der Waals surface area contributed by atoms with Gasteiger partial charge >= 0.3 is 6.01 Å². The molecule has 2 amide bonds. The summed E-state index contributed by atoms with van der Waals surface area (Å²) in [5.41, 5.74) is 0.796. The van der Waals surface area contributed by atoms with Crippen molar-refractivity contribution < 1.29 is 27.5 Å². The maximum Gasteiger partial charge on any atom is 0.316 e. The number of ether oxygens (including phenoxy) is 1. The second kappa shape index (κ2) is 9.65. The van der Waals surface area contributed by atoms with E-state index in [1.807, 2.05) is 0 Å². The molecule has 0 spiro atoms. The molecule has 0 saturated carbocycles. The van der Waals surface area contributed by atoms with Crippen LogP contribution < -0.4 is 15.5 Å². The summed E-state index contributed by atoms with van der Waals surface area (Å²) < 4.78 is 40.0. The quantitative estimate of drug-likeness (QED) is 0.433. The number of amides is 2. The number of aromatic nitrogens is 2. The fourth-order valence-corrected chi connectivity index (χ4v) is 3.97. The van der Waals surface area contributed by atoms with Gasteiger partial charge in [0, 0.05) is 50.1 Å². The van der Waals surface area contributed by atoms with Gasteiger partial charge in [-0.25, -0.2) is 8.78 Å². The third-order valence-corrected chi connectivity index (χ3v) is 5.78. The monoisotopic (exact) mass is 461 g/mol. The highest BCUT2D eigenvalue weighted by atomic mass is 19.1. The van der Waals surface area contributed by atoms with Gasteiger partial charge in [-0.3, -0.25) is 14.9 Å². The van der Waals surface area contributed by atoms with Crippen LogP contribution in [0.5, 0.6) is 0 Å². The van der Waals surface area contributed by atoms with Crippen LogP contribution in [0.1, 0.15) is 43.1 Å². The number of carbonyl (C=O) groups excluding carboxylic acids is 2. The Morgan fingerprint density at radius 1 is 1.30 bits per heavy atom. The lowest BCUT2D eigenvalue weighted by Crippen LogP contribution is -2.55. The van der Waals surface area contributed by atoms with E-state index >= 15 is 0 Å². The van der Waals surface area contributed by atoms with E-state index < -0.39 is 29.4 Å². The highest BCUT2D eigenvalue weighted by Crippen LogP contribution is 2.33. The Bertz CT molecular complexity index is 1040. The zero-order valence-corrected chi connectivity index (χ0v) is 18.2. The maximum absolute atomic E-state index is 14.7. The molecule has 176 valence electrons. The molecular formula is C22H25F2N5O4. The molecule has 11 heteroatoms. The number of allylic oxidation sites excluding steroid dienone is 1. The maximum atomic E-state index is 14.7. The van der Waals surface area contributed by atoms with Crippen LogP contribution >= 0.6 is 0 Å². The van der Waals surface area contributed by atoms with Gasteiger partial charge in [0.2, 0.25) is 17.7 Å². The van der Waals surface area contributed by atoms with Gasteiger partial charge in [0.25, 0.3) is 0 Å². The molecule has 1 unspecified atom stereocenters. The molecule has 9 nitrogen and oxygen atoms in total. The van der Waals surface area contributed by atoms with Crippen molar-refractivity contribution in [2.75, 3.05) is 37.0 Å². The molecule has 2 aliphatic rings. The van der Waals surface area contributed by atoms with Gasteiger partial charge in [-0.15, -0.1) is 5.10 Å². The summed E-state index contributed by atoms with van der Waals surface area (Å²) >= 11 is 0. The zero-order chi connectivity index (χ0) is 23.5. The Hall–Kier alpha value is -3.34. The van der Waals surface area contributed by atoms with E-state index in [1.54, 1.807) is 12.0 Å². The SMILES string of the molecule is C=C(CCCOC)c1nnc(NC2CN(c3cc(F)c(C4CCC(=O)NC4=O)c(F)c3)C2)o1. The highest BCUT2D eigenvalue weighted by molar-refractivity contribution is 6.01. The molecule has 3 heterocycles. The molecular weight excluding hydrogens is 436 g/mol. The minimum Gasteiger partial charge on any atom is -0.404 e. The Balaban J connectivity index is 1.33. The van der Waals surface area contributed by atoms with E-state index in [9.17, 15) is 18.4 Å². The number of hydrogen-bond donors (Lipinski definition) is 2. The third-order valence-electron chi connectivity index (χ3n) is 5.78. The van der Waals surface area contributed by atoms with Crippen molar-refractivity contribution >= 4 is 29.1 Å². The predicted molar refractivity (Wildman–Crippen MR) is 116 cm³/mol. The van der Waals surface area contributed by atoms with Crippen LogP contribution in [0.15, 0.2) is 23.1 Å². The van der Waals surface area contributed by atoms with Gasteiger partial charge < -0.3 is 19.4 Å². The van der Waals surface area contributed by atoms with Crippen molar-refractivity contribution in [3.8, 4) is 0 Å². The molecule has 2 fully saturated rings. The number of benzene rings is 1. The fourth-order valence-electron chi connectivity index (χ4n) is 3.97. The van der Waals surface area contributed by atoms with Gasteiger partial charge in [-0.1, -0.05) is 11.7 Å². The van der Waals surface area contributed by atoms with E-state index in [4.69, 9.17) is 9.15 Å². The van der Waals surface area contributed by atoms with E-state index in [0.717, 1.165) is 12.0 Å². The summed E-state index contributed by atoms with van der Waals surface area (Å²) in [6, 6.07) is 2.65. The number of methoxy groups -OCH3 is 1. The average molecular weight is 461 g/mol. The second-order valence-corrected chi connectivity index (χ2v) is 8.19. The molecule has 2 aromatic rings. The first-order valence-corrected chi connectivity index (χ1v) is 10.7. The standard InChI is InChI=1S/C22H25F2N5O4/c1-12(4-3-7-32-2)21-27-28-22(33-21)25-13-10-29(11-13)14-8-16(23)19(17(24)9-14)15-5-6-18(30)26-20(15)31/h8-9,13,15H,1,3-7,10-11H2,2H3,(H,25,28)(H,26,30,31). The van der Waals surface area contributed by atoms with Crippen LogP contribution in [0.2, 0.25) is 0 Å². The number of hydrogen-bond acceptors (Lipinski definition) is 8. The van der Waals surface area contributed by atoms with E-state index in [-0.39, 0.29) is 30.5 Å². The van der Waals surface area contributed by atoms with Gasteiger partial charge in [0.15, 0.2) is 0 Å². The van der Waals surface area contributed by atoms with Gasteiger partial charge in [-0.2, -0.15) is 0 Å². The number of piperidine rings is 1. The minimum atomic E-state index is -1.02. The topological polar surface area (TPSA) is 110 Å². The summed E-state index contributed by atoms with van der Waals surface area (Å²) in [6.07, 6.45) is 1.61. The summed E-state index contributed by atoms with van der Waals surface area (Å²) in [4.78, 5) is 25.1. The molecule has 4 rings (SSSR count). The van der Waals surface area contributed by atoms with Crippen molar-refractivity contribution in [1.29, 1.82) is 0 Å². The molecule has 0 aliphatic carbocycles. The Morgan fingerprint density at radius 2 is 2.03 bits per heavy atom. The summed E-state index contributed by atoms with van der Waals surface area (Å²) in [5, 5.41) is 13.2. The zero-order valence-electron chi connectivity index (χ0n) is 18.2. The van der Waals surface area contributed by atoms with E-state index in [1.165, 1.54) is 12.1 Å². The first kappa shape index (κ1) is 22.8. The number of nitrogens with one attached hydrogen (secondary N) is 2. The normalized spacial score (nSPS) is 18.8. The van der Waals surface area contributed by atoms with Gasteiger partial charge in [0.1, 0.15) is 11.6 Å². The first-order valence-electron chi connectivity index (χ1n) is 10.7. The lowest BCUT2D eigenvalue weighted by Gasteiger charge is -2.41. The van der Waals surface area contributed by atoms with E-state index in [2.05, 4.69) is 27.4 Å². The van der Waals surface area contributed by atoms with Crippen LogP contribution in [0.3, 0.4) is 0 Å². The molecule has 0 bridgehead atoms. The Kier molecular flexibility index (Phi) is 6.68. The largest absolute Gasteiger partial charge is 0.404 e. The summed E-state index contributed by atoms with van der Waals surface area (Å²) in [7, 11) is 1.63. The van der Waals surface area contributed by atoms with Crippen LogP contribution in [0.25, 0.3) is 5.57 Å². The first-order chi connectivity index (χ1) is 15.9. The third kappa shape index (κ3) is 5.03. The molecule has 1 aromatic heterocycles. The van der Waals surface area contributed by atoms with Crippen molar-refractivity contribution in [2.45, 2.75) is 37.6 Å². The van der Waals surface area contributed by atoms with Crippen LogP contribution in [0.4, 0.5) is 20.5 Å². The lowest BCUT2D eigenvalue weighted by atomic mass is 9.89. The molecule has 0 radical (unpaired) electrons. The van der Waals surface area contributed by atoms with Crippen molar-refractivity contribution in [2.24, 2.45) is 0 Å². The lowest BCUT2D eigenvalue weighted by molar-refractivity contribution is -0.134. The molecule has 1 atom stereocenters. The number of carbonyl (C=O) groups is 2. The van der Waals surface area contributed by atoms with Crippen molar-refractivity contribution in [1.82, 2.24) is 15.5 Å². The summed E-state index contributed by atoms with van der Waals surface area (Å²) in [6.45, 7) is 5.51. The molecule has 2 aliphatic heterocycles. The number of rotatable bonds is 9. The van der Waals surface area contributed by atoms with E-state index in [0.29, 0.717) is 37.7 Å². The van der Waals surface area contributed by atoms with Crippen LogP contribution in [-0.2, 0) is 14.3 Å². The predicted octanol–water partition coefficient (Wildman–Crippen LogP) is 2.61. The van der Waals surface area contributed by atoms with Crippen molar-refractivity contribution in [3.63, 3.8) is 0 Å². The number of anilines is 2. The summed E-state index contributed by atoms with van der Waals surface area (Å²) in [5.74, 6) is -3.37. The number of imide groups is 1. The number of halogens is 2. The molecule has 2 N–H and O–H groups in total. The van der Waals surface area contributed by atoms with Crippen LogP contribution in [-0.4, -0.2) is 54.9 Å². The van der Waals surface area contributed by atoms with Gasteiger partial charge in [0.05, 0.1) is 12.0 Å². The average Bonchev–Trinajstić information content (AvgIpc) is 3.20. The number of nitrogens with zero attached hydrogens (tertiary/aromatic N) is 3. The smallest absolute Gasteiger partial charge is 0.316 e.